The van der Waals surface area contributed by atoms with Crippen LogP contribution in [0.4, 0.5) is 8.78 Å². The van der Waals surface area contributed by atoms with Gasteiger partial charge in [0.2, 0.25) is 0 Å². The van der Waals surface area contributed by atoms with Crippen LogP contribution in [0.15, 0.2) is 66.7 Å². The molecule has 0 spiro atoms. The second-order valence-corrected chi connectivity index (χ2v) is 6.55. The summed E-state index contributed by atoms with van der Waals surface area (Å²) in [5.74, 6) is -1.86. The Morgan fingerprint density at radius 1 is 0.889 bits per heavy atom. The second-order valence-electron chi connectivity index (χ2n) is 5.47. The average molecular weight is 384 g/mol. The first-order valence-electron chi connectivity index (χ1n) is 7.91. The van der Waals surface area contributed by atoms with Crippen LogP contribution in [0.2, 0.25) is 0 Å². The summed E-state index contributed by atoms with van der Waals surface area (Å²) in [5.41, 5.74) is 5.58. The SMILES string of the molecule is O=C(/C=C/c1ccccc1F)NNC(=O)c1ccc(-c2ccc(F)cc2)s1. The number of thiophene rings is 1. The molecular formula is C20H14F2N2O2S. The molecule has 2 aromatic carbocycles. The fourth-order valence-electron chi connectivity index (χ4n) is 2.23. The lowest BCUT2D eigenvalue weighted by molar-refractivity contribution is -0.117. The molecule has 0 saturated carbocycles. The van der Waals surface area contributed by atoms with E-state index in [2.05, 4.69) is 10.9 Å². The van der Waals surface area contributed by atoms with Gasteiger partial charge in [-0.2, -0.15) is 0 Å². The van der Waals surface area contributed by atoms with Gasteiger partial charge in [0, 0.05) is 16.5 Å². The standard InChI is InChI=1S/C20H14F2N2O2S/c21-15-8-5-14(6-9-15)17-10-11-18(27-17)20(26)24-23-19(25)12-7-13-3-1-2-4-16(13)22/h1-12H,(H,23,25)(H,24,26)/b12-7+. The van der Waals surface area contributed by atoms with E-state index >= 15 is 0 Å². The Hall–Kier alpha value is -3.32. The summed E-state index contributed by atoms with van der Waals surface area (Å²) in [5, 5.41) is 0. The molecule has 136 valence electrons. The Balaban J connectivity index is 1.57. The number of hydrogen-bond acceptors (Lipinski definition) is 3. The second kappa shape index (κ2) is 8.37. The molecule has 1 heterocycles. The summed E-state index contributed by atoms with van der Waals surface area (Å²) < 4.78 is 26.4. The summed E-state index contributed by atoms with van der Waals surface area (Å²) in [6.07, 6.45) is 2.44. The van der Waals surface area contributed by atoms with Gasteiger partial charge in [0.1, 0.15) is 11.6 Å². The molecular weight excluding hydrogens is 370 g/mol. The number of benzene rings is 2. The van der Waals surface area contributed by atoms with Gasteiger partial charge >= 0.3 is 0 Å². The Morgan fingerprint density at radius 2 is 1.63 bits per heavy atom. The molecule has 0 aliphatic heterocycles. The quantitative estimate of drug-likeness (QED) is 0.524. The summed E-state index contributed by atoms with van der Waals surface area (Å²) >= 11 is 1.21. The van der Waals surface area contributed by atoms with E-state index < -0.39 is 17.6 Å². The van der Waals surface area contributed by atoms with E-state index in [0.29, 0.717) is 4.88 Å². The number of halogens is 2. The molecule has 0 radical (unpaired) electrons. The molecule has 0 atom stereocenters. The smallest absolute Gasteiger partial charge is 0.268 e. The van der Waals surface area contributed by atoms with Gasteiger partial charge in [-0.1, -0.05) is 30.3 Å². The van der Waals surface area contributed by atoms with Gasteiger partial charge in [-0.3, -0.25) is 20.4 Å². The minimum Gasteiger partial charge on any atom is -0.268 e. The Labute approximate surface area is 158 Å². The highest BCUT2D eigenvalue weighted by molar-refractivity contribution is 7.17. The van der Waals surface area contributed by atoms with Crippen molar-refractivity contribution in [2.24, 2.45) is 0 Å². The summed E-state index contributed by atoms with van der Waals surface area (Å²) in [6, 6.07) is 15.3. The van der Waals surface area contributed by atoms with Crippen LogP contribution in [0, 0.1) is 11.6 Å². The van der Waals surface area contributed by atoms with Gasteiger partial charge in [-0.05, 0) is 42.0 Å². The number of rotatable bonds is 4. The van der Waals surface area contributed by atoms with Crippen LogP contribution in [0.1, 0.15) is 15.2 Å². The normalized spacial score (nSPS) is 10.7. The van der Waals surface area contributed by atoms with Gasteiger partial charge in [0.25, 0.3) is 11.8 Å². The maximum absolute atomic E-state index is 13.5. The van der Waals surface area contributed by atoms with E-state index in [-0.39, 0.29) is 11.4 Å². The lowest BCUT2D eigenvalue weighted by atomic mass is 10.2. The maximum atomic E-state index is 13.5. The van der Waals surface area contributed by atoms with E-state index in [9.17, 15) is 18.4 Å². The van der Waals surface area contributed by atoms with Gasteiger partial charge < -0.3 is 0 Å². The molecule has 0 unspecified atom stereocenters. The molecule has 7 heteroatoms. The Morgan fingerprint density at radius 3 is 2.37 bits per heavy atom. The lowest BCUT2D eigenvalue weighted by Gasteiger charge is -2.03. The van der Waals surface area contributed by atoms with Crippen LogP contribution in [0.25, 0.3) is 16.5 Å². The summed E-state index contributed by atoms with van der Waals surface area (Å²) in [4.78, 5) is 25.1. The van der Waals surface area contributed by atoms with Gasteiger partial charge in [0.15, 0.2) is 0 Å². The van der Waals surface area contributed by atoms with Gasteiger partial charge in [0.05, 0.1) is 4.88 Å². The van der Waals surface area contributed by atoms with Crippen molar-refractivity contribution < 1.29 is 18.4 Å². The molecule has 3 aromatic rings. The monoisotopic (exact) mass is 384 g/mol. The van der Waals surface area contributed by atoms with Gasteiger partial charge in [-0.25, -0.2) is 8.78 Å². The predicted molar refractivity (Wildman–Crippen MR) is 101 cm³/mol. The van der Waals surface area contributed by atoms with Crippen LogP contribution >= 0.6 is 11.3 Å². The van der Waals surface area contributed by atoms with Crippen molar-refractivity contribution in [1.82, 2.24) is 10.9 Å². The molecule has 1 aromatic heterocycles. The third kappa shape index (κ3) is 4.86. The van der Waals surface area contributed by atoms with E-state index in [1.54, 1.807) is 36.4 Å². The van der Waals surface area contributed by atoms with Crippen LogP contribution in [-0.2, 0) is 4.79 Å². The number of hydrazine groups is 1. The highest BCUT2D eigenvalue weighted by Crippen LogP contribution is 2.28. The molecule has 0 fully saturated rings. The zero-order chi connectivity index (χ0) is 19.2. The van der Waals surface area contributed by atoms with Crippen molar-refractivity contribution in [2.75, 3.05) is 0 Å². The van der Waals surface area contributed by atoms with E-state index in [1.165, 1.54) is 41.7 Å². The van der Waals surface area contributed by atoms with Crippen molar-refractivity contribution in [3.05, 3.63) is 88.8 Å². The molecule has 2 N–H and O–H groups in total. The molecule has 0 bridgehead atoms. The molecule has 4 nitrogen and oxygen atoms in total. The number of nitrogens with one attached hydrogen (secondary N) is 2. The first-order chi connectivity index (χ1) is 13.0. The van der Waals surface area contributed by atoms with Gasteiger partial charge in [-0.15, -0.1) is 11.3 Å². The lowest BCUT2D eigenvalue weighted by Crippen LogP contribution is -2.40. The third-order valence-corrected chi connectivity index (χ3v) is 4.71. The van der Waals surface area contributed by atoms with Crippen LogP contribution in [-0.4, -0.2) is 11.8 Å². The molecule has 0 aliphatic carbocycles. The third-order valence-electron chi connectivity index (χ3n) is 3.58. The largest absolute Gasteiger partial charge is 0.279 e. The molecule has 2 amide bonds. The van der Waals surface area contributed by atoms with E-state index in [0.717, 1.165) is 16.5 Å². The van der Waals surface area contributed by atoms with Crippen molar-refractivity contribution in [3.8, 4) is 10.4 Å². The Bertz CT molecular complexity index is 997. The van der Waals surface area contributed by atoms with Crippen molar-refractivity contribution >= 4 is 29.2 Å². The molecule has 0 aliphatic rings. The summed E-state index contributed by atoms with van der Waals surface area (Å²) in [7, 11) is 0. The zero-order valence-electron chi connectivity index (χ0n) is 13.9. The van der Waals surface area contributed by atoms with Crippen molar-refractivity contribution in [2.45, 2.75) is 0 Å². The fraction of sp³-hybridized carbons (Fsp3) is 0. The molecule has 3 rings (SSSR count). The number of hydrogen-bond donors (Lipinski definition) is 2. The van der Waals surface area contributed by atoms with Crippen molar-refractivity contribution in [3.63, 3.8) is 0 Å². The van der Waals surface area contributed by atoms with Crippen molar-refractivity contribution in [1.29, 1.82) is 0 Å². The molecule has 27 heavy (non-hydrogen) atoms. The highest BCUT2D eigenvalue weighted by Gasteiger charge is 2.11. The van der Waals surface area contributed by atoms with E-state index in [4.69, 9.17) is 0 Å². The van der Waals surface area contributed by atoms with Crippen LogP contribution in [0.5, 0.6) is 0 Å². The fourth-order valence-corrected chi connectivity index (χ4v) is 3.13. The first kappa shape index (κ1) is 18.5. The minimum atomic E-state index is -0.595. The number of carbonyl (C=O) groups is 2. The average Bonchev–Trinajstić information content (AvgIpc) is 3.16. The maximum Gasteiger partial charge on any atom is 0.279 e. The van der Waals surface area contributed by atoms with E-state index in [1.807, 2.05) is 0 Å². The van der Waals surface area contributed by atoms with Crippen LogP contribution < -0.4 is 10.9 Å². The van der Waals surface area contributed by atoms with Crippen LogP contribution in [0.3, 0.4) is 0 Å². The Kier molecular flexibility index (Phi) is 5.73. The molecule has 0 saturated heterocycles. The highest BCUT2D eigenvalue weighted by atomic mass is 32.1. The summed E-state index contributed by atoms with van der Waals surface area (Å²) in [6.45, 7) is 0. The minimum absolute atomic E-state index is 0.265. The predicted octanol–water partition coefficient (Wildman–Crippen LogP) is 4.17. The topological polar surface area (TPSA) is 58.2 Å². The number of carbonyl (C=O) groups excluding carboxylic acids is 2. The zero-order valence-corrected chi connectivity index (χ0v) is 14.7. The number of amides is 2. The first-order valence-corrected chi connectivity index (χ1v) is 8.73.